The summed E-state index contributed by atoms with van der Waals surface area (Å²) in [4.78, 5) is 4.84. The summed E-state index contributed by atoms with van der Waals surface area (Å²) in [6.45, 7) is 27.0. The van der Waals surface area contributed by atoms with E-state index in [1.807, 2.05) is 12.3 Å². The fraction of sp³-hybridized carbons (Fsp3) is 0.347. The second-order valence-corrected chi connectivity index (χ2v) is 17.7. The second kappa shape index (κ2) is 15.2. The molecule has 0 spiro atoms. The zero-order valence-electron chi connectivity index (χ0n) is 34.5. The van der Waals surface area contributed by atoms with Gasteiger partial charge in [0.1, 0.15) is 5.82 Å². The van der Waals surface area contributed by atoms with Crippen LogP contribution in [0.15, 0.2) is 85.1 Å². The van der Waals surface area contributed by atoms with E-state index in [-0.39, 0.29) is 37.2 Å². The van der Waals surface area contributed by atoms with Crippen molar-refractivity contribution in [3.8, 4) is 34.1 Å². The Hall–Kier alpha value is -4.50. The predicted molar refractivity (Wildman–Crippen MR) is 225 cm³/mol. The number of nitrogens with zero attached hydrogens (tertiary/aromatic N) is 4. The van der Waals surface area contributed by atoms with E-state index in [2.05, 4.69) is 177 Å². The Bertz CT molecular complexity index is 2470. The Kier molecular flexibility index (Phi) is 11.1. The molecule has 0 aliphatic carbocycles. The molecule has 286 valence electrons. The molecular formula is C49H54N4OPd. The smallest absolute Gasteiger partial charge is 0.509 e. The van der Waals surface area contributed by atoms with E-state index >= 15 is 0 Å². The molecule has 3 aromatic heterocycles. The first-order valence-electron chi connectivity index (χ1n) is 19.4. The van der Waals surface area contributed by atoms with Gasteiger partial charge in [-0.3, -0.25) is 4.68 Å². The predicted octanol–water partition coefficient (Wildman–Crippen LogP) is 13.0. The van der Waals surface area contributed by atoms with Crippen molar-refractivity contribution in [3.05, 3.63) is 131 Å². The Morgan fingerprint density at radius 2 is 1.42 bits per heavy atom. The largest absolute Gasteiger partial charge is 2.00 e. The Labute approximate surface area is 341 Å². The van der Waals surface area contributed by atoms with Crippen molar-refractivity contribution in [2.45, 2.75) is 106 Å². The summed E-state index contributed by atoms with van der Waals surface area (Å²) in [5.41, 5.74) is 12.4. The first kappa shape index (κ1) is 40.2. The van der Waals surface area contributed by atoms with Crippen LogP contribution >= 0.6 is 0 Å². The van der Waals surface area contributed by atoms with Gasteiger partial charge in [0, 0.05) is 34.5 Å². The monoisotopic (exact) mass is 820 g/mol. The van der Waals surface area contributed by atoms with Gasteiger partial charge in [0.15, 0.2) is 0 Å². The normalized spacial score (nSPS) is 12.3. The maximum Gasteiger partial charge on any atom is 2.00 e. The molecule has 0 N–H and O–H groups in total. The van der Waals surface area contributed by atoms with Gasteiger partial charge in [-0.2, -0.15) is 11.2 Å². The molecule has 0 fully saturated rings. The van der Waals surface area contributed by atoms with Gasteiger partial charge in [-0.05, 0) is 94.5 Å². The van der Waals surface area contributed by atoms with Gasteiger partial charge >= 0.3 is 20.4 Å². The van der Waals surface area contributed by atoms with Crippen LogP contribution < -0.4 is 4.74 Å². The summed E-state index contributed by atoms with van der Waals surface area (Å²) in [5, 5.41) is 7.46. The van der Waals surface area contributed by atoms with Crippen LogP contribution in [0.5, 0.6) is 11.5 Å². The molecule has 3 heterocycles. The van der Waals surface area contributed by atoms with E-state index in [1.165, 1.54) is 27.8 Å². The average molecular weight is 821 g/mol. The van der Waals surface area contributed by atoms with Gasteiger partial charge in [0.2, 0.25) is 0 Å². The van der Waals surface area contributed by atoms with Crippen molar-refractivity contribution < 1.29 is 25.2 Å². The van der Waals surface area contributed by atoms with E-state index in [0.29, 0.717) is 17.4 Å². The molecule has 5 nitrogen and oxygen atoms in total. The second-order valence-electron chi connectivity index (χ2n) is 17.7. The van der Waals surface area contributed by atoms with E-state index < -0.39 is 0 Å². The van der Waals surface area contributed by atoms with Gasteiger partial charge in [-0.15, -0.1) is 41.3 Å². The molecule has 0 radical (unpaired) electrons. The zero-order chi connectivity index (χ0) is 38.7. The molecule has 0 bridgehead atoms. The molecule has 7 rings (SSSR count). The van der Waals surface area contributed by atoms with Crippen molar-refractivity contribution in [1.82, 2.24) is 19.3 Å². The van der Waals surface area contributed by atoms with Crippen LogP contribution in [0.2, 0.25) is 0 Å². The number of benzene rings is 4. The first-order chi connectivity index (χ1) is 25.5. The summed E-state index contributed by atoms with van der Waals surface area (Å²) in [6, 6.07) is 35.3. The quantitative estimate of drug-likeness (QED) is 0.113. The minimum atomic E-state index is -0.0431. The van der Waals surface area contributed by atoms with Crippen LogP contribution in [0.1, 0.15) is 109 Å². The first-order valence-corrected chi connectivity index (χ1v) is 19.4. The van der Waals surface area contributed by atoms with Gasteiger partial charge in [0.25, 0.3) is 0 Å². The van der Waals surface area contributed by atoms with Crippen molar-refractivity contribution >= 4 is 21.8 Å². The SMILES string of the molecule is Cc1nn(-c2[c-]c(Oc3[c-]c4c(cc3)c3ccccc3n4-c3cc(CC(C)C)ccn3)cc(C(C)C)c2)c(C)c1-c1c(C(C)(C)C)cccc1C(C)(C)C.[Pd+2]. The summed E-state index contributed by atoms with van der Waals surface area (Å²) < 4.78 is 11.0. The topological polar surface area (TPSA) is 44.9 Å². The molecule has 0 atom stereocenters. The molecule has 0 saturated heterocycles. The van der Waals surface area contributed by atoms with Crippen molar-refractivity contribution in [3.63, 3.8) is 0 Å². The number of para-hydroxylation sites is 1. The number of hydrogen-bond acceptors (Lipinski definition) is 3. The summed E-state index contributed by atoms with van der Waals surface area (Å²) in [6.07, 6.45) is 2.91. The Morgan fingerprint density at radius 1 is 0.727 bits per heavy atom. The van der Waals surface area contributed by atoms with Crippen molar-refractivity contribution in [2.75, 3.05) is 0 Å². The van der Waals surface area contributed by atoms with E-state index in [4.69, 9.17) is 14.8 Å². The average Bonchev–Trinajstić information content (AvgIpc) is 3.59. The van der Waals surface area contributed by atoms with Crippen LogP contribution in [0, 0.1) is 31.9 Å². The number of aromatic nitrogens is 4. The van der Waals surface area contributed by atoms with Gasteiger partial charge in [-0.1, -0.05) is 111 Å². The minimum absolute atomic E-state index is 0. The summed E-state index contributed by atoms with van der Waals surface area (Å²) >= 11 is 0. The third-order valence-electron chi connectivity index (χ3n) is 10.4. The Balaban J connectivity index is 0.00000514. The summed E-state index contributed by atoms with van der Waals surface area (Å²) in [7, 11) is 0. The molecule has 7 aromatic rings. The van der Waals surface area contributed by atoms with Crippen LogP contribution in [-0.2, 0) is 37.7 Å². The number of rotatable bonds is 8. The van der Waals surface area contributed by atoms with Crippen LogP contribution in [0.3, 0.4) is 0 Å². The third kappa shape index (κ3) is 7.82. The number of ether oxygens (including phenoxy) is 1. The Morgan fingerprint density at radius 3 is 2.07 bits per heavy atom. The van der Waals surface area contributed by atoms with Gasteiger partial charge in [0.05, 0.1) is 5.69 Å². The standard InChI is InChI=1S/C49H54N4O.Pd/c1-30(2)24-34-22-23-50-45(25-34)52-43-19-14-13-16-39(43)40-21-20-37(29-44(40)52)54-38-27-35(31(3)4)26-36(28-38)53-33(6)46(32(5)51-53)47-41(48(7,8)9)17-15-18-42(47)49(10,11)12;/h13-23,25-27,30-31H,24H2,1-12H3;/q-2;+2. The van der Waals surface area contributed by atoms with Gasteiger partial charge in [-0.25, -0.2) is 4.98 Å². The van der Waals surface area contributed by atoms with E-state index in [0.717, 1.165) is 56.7 Å². The van der Waals surface area contributed by atoms with Crippen molar-refractivity contribution in [1.29, 1.82) is 0 Å². The zero-order valence-corrected chi connectivity index (χ0v) is 36.0. The van der Waals surface area contributed by atoms with E-state index in [9.17, 15) is 0 Å². The molecule has 0 amide bonds. The molecule has 55 heavy (non-hydrogen) atoms. The maximum atomic E-state index is 6.71. The number of pyridine rings is 1. The molecule has 6 heteroatoms. The van der Waals surface area contributed by atoms with Crippen molar-refractivity contribution in [2.24, 2.45) is 5.92 Å². The van der Waals surface area contributed by atoms with Crippen LogP contribution in [-0.4, -0.2) is 19.3 Å². The maximum absolute atomic E-state index is 6.71. The molecule has 0 aliphatic heterocycles. The number of hydrogen-bond donors (Lipinski definition) is 0. The molecular weight excluding hydrogens is 767 g/mol. The third-order valence-corrected chi connectivity index (χ3v) is 10.4. The van der Waals surface area contributed by atoms with Gasteiger partial charge < -0.3 is 9.30 Å². The number of aryl methyl sites for hydroxylation is 1. The molecule has 4 aromatic carbocycles. The molecule has 0 aliphatic rings. The fourth-order valence-corrected chi connectivity index (χ4v) is 7.83. The van der Waals surface area contributed by atoms with Crippen LogP contribution in [0.4, 0.5) is 0 Å². The van der Waals surface area contributed by atoms with E-state index in [1.54, 1.807) is 0 Å². The molecule has 0 unspecified atom stereocenters. The number of fused-ring (bicyclic) bond motifs is 3. The molecule has 0 saturated carbocycles. The fourth-order valence-electron chi connectivity index (χ4n) is 7.83. The minimum Gasteiger partial charge on any atom is -0.509 e. The summed E-state index contributed by atoms with van der Waals surface area (Å²) in [5.74, 6) is 2.95. The van der Waals surface area contributed by atoms with Crippen LogP contribution in [0.25, 0.3) is 44.4 Å².